The highest BCUT2D eigenvalue weighted by Gasteiger charge is 2.07. The molecule has 0 unspecified atom stereocenters. The minimum Gasteiger partial charge on any atom is -0.481 e. The van der Waals surface area contributed by atoms with E-state index in [0.717, 1.165) is 0 Å². The highest BCUT2D eigenvalue weighted by Crippen LogP contribution is 2.18. The molecular weight excluding hydrogens is 259 g/mol. The zero-order valence-corrected chi connectivity index (χ0v) is 10.8. The van der Waals surface area contributed by atoms with Gasteiger partial charge in [0.25, 0.3) is 5.91 Å². The number of para-hydroxylation sites is 1. The number of halogens is 1. The zero-order valence-electron chi connectivity index (χ0n) is 10.8. The van der Waals surface area contributed by atoms with E-state index in [1.54, 1.807) is 18.2 Å². The molecule has 2 aromatic rings. The Bertz CT molecular complexity index is 588. The summed E-state index contributed by atoms with van der Waals surface area (Å²) in [6.45, 7) is -0.000517. The molecule has 0 aliphatic heterocycles. The molecule has 0 fully saturated rings. The van der Waals surface area contributed by atoms with Gasteiger partial charge >= 0.3 is 0 Å². The fourth-order valence-corrected chi connectivity index (χ4v) is 1.65. The Labute approximate surface area is 116 Å². The highest BCUT2D eigenvalue weighted by atomic mass is 19.1. The van der Waals surface area contributed by atoms with Crippen molar-refractivity contribution in [3.05, 3.63) is 59.9 Å². The van der Waals surface area contributed by atoms with Gasteiger partial charge in [-0.1, -0.05) is 24.3 Å². The number of benzene rings is 2. The van der Waals surface area contributed by atoms with E-state index in [0.29, 0.717) is 11.3 Å². The quantitative estimate of drug-likeness (QED) is 0.879. The first-order valence-electron chi connectivity index (χ1n) is 6.15. The molecule has 0 atom stereocenters. The van der Waals surface area contributed by atoms with Gasteiger partial charge in [-0.2, -0.15) is 0 Å². The molecule has 0 spiro atoms. The third-order valence-electron chi connectivity index (χ3n) is 2.65. The van der Waals surface area contributed by atoms with Gasteiger partial charge in [0.1, 0.15) is 0 Å². The summed E-state index contributed by atoms with van der Waals surface area (Å²) < 4.78 is 18.7. The van der Waals surface area contributed by atoms with Crippen LogP contribution in [0, 0.1) is 5.82 Å². The Kier molecular flexibility index (Phi) is 4.68. The maximum Gasteiger partial charge on any atom is 0.262 e. The number of ether oxygens (including phenoxy) is 1. The van der Waals surface area contributed by atoms with Gasteiger partial charge in [-0.05, 0) is 29.8 Å². The monoisotopic (exact) mass is 274 g/mol. The molecule has 0 radical (unpaired) electrons. The molecule has 0 saturated heterocycles. The van der Waals surface area contributed by atoms with Crippen LogP contribution in [0.4, 0.5) is 10.1 Å². The van der Waals surface area contributed by atoms with Gasteiger partial charge < -0.3 is 15.8 Å². The molecule has 0 saturated carbocycles. The van der Waals surface area contributed by atoms with E-state index in [4.69, 9.17) is 10.5 Å². The smallest absolute Gasteiger partial charge is 0.262 e. The fourth-order valence-electron chi connectivity index (χ4n) is 1.65. The maximum absolute atomic E-state index is 13.6. The zero-order chi connectivity index (χ0) is 14.4. The van der Waals surface area contributed by atoms with E-state index in [1.807, 2.05) is 18.2 Å². The molecule has 104 valence electrons. The lowest BCUT2D eigenvalue weighted by molar-refractivity contribution is -0.118. The van der Waals surface area contributed by atoms with E-state index in [2.05, 4.69) is 5.32 Å². The molecule has 0 heterocycles. The van der Waals surface area contributed by atoms with Crippen molar-refractivity contribution in [3.8, 4) is 5.75 Å². The molecule has 0 aromatic heterocycles. The van der Waals surface area contributed by atoms with Crippen molar-refractivity contribution in [2.45, 2.75) is 6.54 Å². The van der Waals surface area contributed by atoms with Gasteiger partial charge in [-0.3, -0.25) is 4.79 Å². The van der Waals surface area contributed by atoms with E-state index in [1.165, 1.54) is 12.1 Å². The van der Waals surface area contributed by atoms with E-state index >= 15 is 0 Å². The number of hydrogen-bond acceptors (Lipinski definition) is 3. The van der Waals surface area contributed by atoms with Crippen molar-refractivity contribution < 1.29 is 13.9 Å². The van der Waals surface area contributed by atoms with E-state index in [9.17, 15) is 9.18 Å². The van der Waals surface area contributed by atoms with Crippen LogP contribution in [0.3, 0.4) is 0 Å². The molecule has 20 heavy (non-hydrogen) atoms. The second-order valence-corrected chi connectivity index (χ2v) is 4.17. The van der Waals surface area contributed by atoms with Crippen molar-refractivity contribution >= 4 is 11.6 Å². The molecule has 2 rings (SSSR count). The van der Waals surface area contributed by atoms with Crippen molar-refractivity contribution in [2.24, 2.45) is 5.73 Å². The first kappa shape index (κ1) is 14.0. The largest absolute Gasteiger partial charge is 0.481 e. The van der Waals surface area contributed by atoms with Gasteiger partial charge in [-0.25, -0.2) is 4.39 Å². The first-order chi connectivity index (χ1) is 9.69. The van der Waals surface area contributed by atoms with E-state index < -0.39 is 5.82 Å². The van der Waals surface area contributed by atoms with Crippen molar-refractivity contribution in [3.63, 3.8) is 0 Å². The van der Waals surface area contributed by atoms with Crippen molar-refractivity contribution in [1.29, 1.82) is 0 Å². The van der Waals surface area contributed by atoms with Crippen molar-refractivity contribution in [2.75, 3.05) is 11.9 Å². The average molecular weight is 274 g/mol. The minimum absolute atomic E-state index is 0.0328. The molecule has 3 N–H and O–H groups in total. The Morgan fingerprint density at radius 1 is 1.20 bits per heavy atom. The van der Waals surface area contributed by atoms with Crippen LogP contribution in [0.15, 0.2) is 48.5 Å². The van der Waals surface area contributed by atoms with Crippen LogP contribution < -0.4 is 15.8 Å². The molecule has 4 nitrogen and oxygen atoms in total. The van der Waals surface area contributed by atoms with Gasteiger partial charge in [0, 0.05) is 12.2 Å². The molecular formula is C15H15FN2O2. The van der Waals surface area contributed by atoms with Crippen LogP contribution in [-0.2, 0) is 11.3 Å². The summed E-state index contributed by atoms with van der Waals surface area (Å²) in [4.78, 5) is 11.6. The summed E-state index contributed by atoms with van der Waals surface area (Å²) in [6.07, 6.45) is 0. The van der Waals surface area contributed by atoms with Crippen molar-refractivity contribution in [1.82, 2.24) is 0 Å². The third kappa shape index (κ3) is 3.80. The number of anilines is 1. The number of carbonyl (C=O) groups is 1. The highest BCUT2D eigenvalue weighted by molar-refractivity contribution is 5.91. The summed E-state index contributed by atoms with van der Waals surface area (Å²) >= 11 is 0. The Morgan fingerprint density at radius 3 is 2.60 bits per heavy atom. The molecule has 1 amide bonds. The number of hydrogen-bond donors (Lipinski definition) is 2. The number of amides is 1. The molecule has 0 bridgehead atoms. The van der Waals surface area contributed by atoms with Crippen LogP contribution in [-0.4, -0.2) is 12.5 Å². The lowest BCUT2D eigenvalue weighted by atomic mass is 10.2. The summed E-state index contributed by atoms with van der Waals surface area (Å²) in [6, 6.07) is 13.4. The Morgan fingerprint density at radius 2 is 1.95 bits per heavy atom. The molecule has 5 heteroatoms. The van der Waals surface area contributed by atoms with Gasteiger partial charge in [-0.15, -0.1) is 0 Å². The lowest BCUT2D eigenvalue weighted by Gasteiger charge is -2.09. The Balaban J connectivity index is 1.90. The summed E-state index contributed by atoms with van der Waals surface area (Å²) in [5.41, 5.74) is 6.74. The minimum atomic E-state index is -0.527. The molecule has 0 aliphatic carbocycles. The fraction of sp³-hybridized carbons (Fsp3) is 0.133. The summed E-state index contributed by atoms with van der Waals surface area (Å²) in [5.74, 6) is -0.843. The number of nitrogens with one attached hydrogen (secondary N) is 1. The number of carbonyl (C=O) groups excluding carboxylic acids is 1. The predicted octanol–water partition coefficient (Wildman–Crippen LogP) is 2.30. The lowest BCUT2D eigenvalue weighted by Crippen LogP contribution is -2.20. The SMILES string of the molecule is NCc1ccc(OCC(=O)Nc2ccccc2)c(F)c1. The second-order valence-electron chi connectivity index (χ2n) is 4.17. The number of rotatable bonds is 5. The van der Waals surface area contributed by atoms with E-state index in [-0.39, 0.29) is 24.8 Å². The van der Waals surface area contributed by atoms with Gasteiger partial charge in [0.2, 0.25) is 0 Å². The average Bonchev–Trinajstić information content (AvgIpc) is 2.47. The normalized spacial score (nSPS) is 10.1. The third-order valence-corrected chi connectivity index (χ3v) is 2.65. The Hall–Kier alpha value is -2.40. The summed E-state index contributed by atoms with van der Waals surface area (Å²) in [7, 11) is 0. The second kappa shape index (κ2) is 6.68. The predicted molar refractivity (Wildman–Crippen MR) is 74.9 cm³/mol. The van der Waals surface area contributed by atoms with Crippen LogP contribution in [0.25, 0.3) is 0 Å². The maximum atomic E-state index is 13.6. The van der Waals surface area contributed by atoms with Crippen LogP contribution in [0.2, 0.25) is 0 Å². The van der Waals surface area contributed by atoms with Gasteiger partial charge in [0.15, 0.2) is 18.2 Å². The van der Waals surface area contributed by atoms with Gasteiger partial charge in [0.05, 0.1) is 0 Å². The summed E-state index contributed by atoms with van der Waals surface area (Å²) in [5, 5.41) is 2.65. The molecule has 2 aromatic carbocycles. The topological polar surface area (TPSA) is 64.3 Å². The molecule has 0 aliphatic rings. The van der Waals surface area contributed by atoms with Crippen LogP contribution in [0.5, 0.6) is 5.75 Å². The number of nitrogens with two attached hydrogens (primary N) is 1. The van der Waals surface area contributed by atoms with Crippen LogP contribution >= 0.6 is 0 Å². The first-order valence-corrected chi connectivity index (χ1v) is 6.15. The standard InChI is InChI=1S/C15H15FN2O2/c16-13-8-11(9-17)6-7-14(13)20-10-15(19)18-12-4-2-1-3-5-12/h1-8H,9-10,17H2,(H,18,19). The van der Waals surface area contributed by atoms with Crippen LogP contribution in [0.1, 0.15) is 5.56 Å².